The van der Waals surface area contributed by atoms with Crippen LogP contribution in [0, 0.1) is 5.92 Å². The molecular formula is C22H27Cl3N2O8S2. The van der Waals surface area contributed by atoms with E-state index < -0.39 is 58.0 Å². The highest BCUT2D eigenvalue weighted by Gasteiger charge is 2.59. The molecule has 10 nitrogen and oxygen atoms in total. The van der Waals surface area contributed by atoms with Gasteiger partial charge >= 0.3 is 18.2 Å². The van der Waals surface area contributed by atoms with Crippen LogP contribution in [-0.4, -0.2) is 82.2 Å². The molecule has 0 bridgehead atoms. The molecular weight excluding hydrogens is 591 g/mol. The van der Waals surface area contributed by atoms with Crippen molar-refractivity contribution in [3.8, 4) is 0 Å². The third-order valence-electron chi connectivity index (χ3n) is 5.02. The summed E-state index contributed by atoms with van der Waals surface area (Å²) in [6, 6.07) is -0.648. The van der Waals surface area contributed by atoms with Crippen molar-refractivity contribution >= 4 is 82.5 Å². The number of amides is 2. The van der Waals surface area contributed by atoms with Gasteiger partial charge in [0.1, 0.15) is 42.9 Å². The van der Waals surface area contributed by atoms with Crippen molar-refractivity contribution in [2.45, 2.75) is 34.7 Å². The van der Waals surface area contributed by atoms with E-state index in [4.69, 9.17) is 53.8 Å². The molecule has 2 rings (SSSR count). The molecule has 1 fully saturated rings. The number of thioether (sulfide) groups is 2. The van der Waals surface area contributed by atoms with Crippen LogP contribution in [0.4, 0.5) is 9.59 Å². The summed E-state index contributed by atoms with van der Waals surface area (Å²) >= 11 is 19.5. The van der Waals surface area contributed by atoms with E-state index in [1.165, 1.54) is 35.7 Å². The summed E-state index contributed by atoms with van der Waals surface area (Å²) in [5.41, 5.74) is 0.0132. The van der Waals surface area contributed by atoms with Crippen LogP contribution in [0.25, 0.3) is 0 Å². The molecule has 37 heavy (non-hydrogen) atoms. The quantitative estimate of drug-likeness (QED) is 0.105. The molecule has 2 amide bonds. The summed E-state index contributed by atoms with van der Waals surface area (Å²) in [6.45, 7) is 7.94. The Morgan fingerprint density at radius 3 is 2.43 bits per heavy atom. The van der Waals surface area contributed by atoms with E-state index in [2.05, 4.69) is 18.5 Å². The lowest BCUT2D eigenvalue weighted by Crippen LogP contribution is -2.61. The molecule has 1 saturated heterocycles. The molecule has 4 atom stereocenters. The first-order valence-corrected chi connectivity index (χ1v) is 14.3. The normalized spacial score (nSPS) is 20.2. The van der Waals surface area contributed by atoms with E-state index in [0.29, 0.717) is 17.1 Å². The number of rotatable bonds is 13. The lowest BCUT2D eigenvalue weighted by atomic mass is 9.91. The zero-order valence-corrected chi connectivity index (χ0v) is 24.0. The zero-order valence-electron chi connectivity index (χ0n) is 20.1. The molecule has 1 unspecified atom stereocenters. The van der Waals surface area contributed by atoms with Crippen LogP contribution < -0.4 is 5.32 Å². The Kier molecular flexibility index (Phi) is 12.3. The molecule has 0 spiro atoms. The van der Waals surface area contributed by atoms with Gasteiger partial charge in [-0.2, -0.15) is 11.8 Å². The fourth-order valence-corrected chi connectivity index (χ4v) is 5.79. The van der Waals surface area contributed by atoms with Gasteiger partial charge in [-0.1, -0.05) is 71.9 Å². The number of halogens is 3. The predicted molar refractivity (Wildman–Crippen MR) is 144 cm³/mol. The maximum Gasteiger partial charge on any atom is 0.508 e. The average Bonchev–Trinajstić information content (AvgIpc) is 3.17. The van der Waals surface area contributed by atoms with Gasteiger partial charge < -0.3 is 24.3 Å². The van der Waals surface area contributed by atoms with Gasteiger partial charge in [0.05, 0.1) is 6.04 Å². The van der Waals surface area contributed by atoms with Gasteiger partial charge in [0, 0.05) is 4.91 Å². The largest absolute Gasteiger partial charge is 0.508 e. The molecule has 1 N–H and O–H groups in total. The predicted octanol–water partition coefficient (Wildman–Crippen LogP) is 4.40. The summed E-state index contributed by atoms with van der Waals surface area (Å²) in [7, 11) is 0. The average molecular weight is 618 g/mol. The van der Waals surface area contributed by atoms with Crippen molar-refractivity contribution in [3.63, 3.8) is 0 Å². The smallest absolute Gasteiger partial charge is 0.457 e. The Morgan fingerprint density at radius 1 is 1.19 bits per heavy atom. The fraction of sp³-hybridized carbons (Fsp3) is 0.545. The van der Waals surface area contributed by atoms with E-state index in [9.17, 15) is 19.2 Å². The highest BCUT2D eigenvalue weighted by molar-refractivity contribution is 8.04. The Hall–Kier alpha value is -1.73. The van der Waals surface area contributed by atoms with Crippen LogP contribution in [0.3, 0.4) is 0 Å². The van der Waals surface area contributed by atoms with Crippen LogP contribution in [0.2, 0.25) is 0 Å². The zero-order chi connectivity index (χ0) is 27.8. The molecule has 0 aromatic carbocycles. The Morgan fingerprint density at radius 2 is 1.84 bits per heavy atom. The van der Waals surface area contributed by atoms with Crippen molar-refractivity contribution < 1.29 is 38.1 Å². The van der Waals surface area contributed by atoms with Crippen LogP contribution in [-0.2, 0) is 28.5 Å². The number of alkyl carbamates (subject to hydrolysis) is 1. The first-order valence-electron chi connectivity index (χ1n) is 10.9. The van der Waals surface area contributed by atoms with Gasteiger partial charge in [0.25, 0.3) is 0 Å². The van der Waals surface area contributed by atoms with E-state index in [0.717, 1.165) is 0 Å². The number of hydrogen-bond donors (Lipinski definition) is 1. The SMILES string of the molecule is C=CCOC(=O)N[C@H](CCSC)C1=C(C(=O)OCC=C)N2C(=O)[C@H](C(C)OC(=O)OCC(Cl)(Cl)Cl)[C@H]2S1. The highest BCUT2D eigenvalue weighted by atomic mass is 35.6. The minimum Gasteiger partial charge on any atom is -0.457 e. The van der Waals surface area contributed by atoms with Gasteiger partial charge in [-0.05, 0) is 25.4 Å². The van der Waals surface area contributed by atoms with Gasteiger partial charge in [0.2, 0.25) is 9.70 Å². The summed E-state index contributed by atoms with van der Waals surface area (Å²) < 4.78 is 18.4. The summed E-state index contributed by atoms with van der Waals surface area (Å²) in [4.78, 5) is 52.2. The Labute approximate surface area is 238 Å². The number of nitrogens with one attached hydrogen (secondary N) is 1. The number of carbonyl (C=O) groups is 4. The summed E-state index contributed by atoms with van der Waals surface area (Å²) in [6.07, 6.45) is 2.42. The second-order valence-electron chi connectivity index (χ2n) is 7.68. The maximum absolute atomic E-state index is 13.1. The second kappa shape index (κ2) is 14.4. The number of ether oxygens (including phenoxy) is 4. The molecule has 15 heteroatoms. The van der Waals surface area contributed by atoms with Crippen LogP contribution in [0.1, 0.15) is 13.3 Å². The standard InChI is InChI=1S/C22H27Cl3N2O8S2/c1-5-8-32-19(29)15-16(13(7-10-36-4)26-20(30)33-9-6-2)37-18-14(17(28)27(15)18)12(3)35-21(31)34-11-22(23,24)25/h5-6,12-14,18H,1-2,7-11H2,3-4H3,(H,26,30)/t12?,13-,14+,18-/m1/s1. The van der Waals surface area contributed by atoms with Crippen molar-refractivity contribution in [1.82, 2.24) is 10.2 Å². The van der Waals surface area contributed by atoms with E-state index in [-0.39, 0.29) is 18.9 Å². The monoisotopic (exact) mass is 616 g/mol. The van der Waals surface area contributed by atoms with E-state index in [1.807, 2.05) is 6.26 Å². The maximum atomic E-state index is 13.1. The van der Waals surface area contributed by atoms with Crippen molar-refractivity contribution in [2.24, 2.45) is 5.92 Å². The molecule has 0 saturated carbocycles. The molecule has 0 aromatic heterocycles. The third kappa shape index (κ3) is 8.64. The molecule has 0 aromatic rings. The first-order chi connectivity index (χ1) is 17.4. The topological polar surface area (TPSA) is 120 Å². The number of fused-ring (bicyclic) bond motifs is 1. The fourth-order valence-electron chi connectivity index (χ4n) is 3.46. The first kappa shape index (κ1) is 31.5. The minimum absolute atomic E-state index is 0.0000442. The van der Waals surface area contributed by atoms with E-state index in [1.54, 1.807) is 11.8 Å². The number of carbonyl (C=O) groups excluding carboxylic acids is 4. The third-order valence-corrected chi connectivity index (χ3v) is 7.47. The number of esters is 1. The molecule has 2 heterocycles. The van der Waals surface area contributed by atoms with Crippen LogP contribution >= 0.6 is 58.3 Å². The van der Waals surface area contributed by atoms with E-state index >= 15 is 0 Å². The van der Waals surface area contributed by atoms with Gasteiger partial charge in [-0.15, -0.1) is 0 Å². The minimum atomic E-state index is -1.82. The highest BCUT2D eigenvalue weighted by Crippen LogP contribution is 2.52. The van der Waals surface area contributed by atoms with Gasteiger partial charge in [-0.25, -0.2) is 14.4 Å². The molecule has 0 radical (unpaired) electrons. The van der Waals surface area contributed by atoms with Crippen molar-refractivity contribution in [3.05, 3.63) is 35.9 Å². The molecule has 0 aliphatic carbocycles. The number of nitrogens with zero attached hydrogens (tertiary/aromatic N) is 1. The Balaban J connectivity index is 2.26. The lowest BCUT2D eigenvalue weighted by Gasteiger charge is -2.44. The lowest BCUT2D eigenvalue weighted by molar-refractivity contribution is -0.158. The molecule has 206 valence electrons. The number of hydrogen-bond acceptors (Lipinski definition) is 10. The summed E-state index contributed by atoms with van der Waals surface area (Å²) in [5, 5.41) is 2.16. The van der Waals surface area contributed by atoms with Gasteiger partial charge in [-0.3, -0.25) is 9.69 Å². The summed E-state index contributed by atoms with van der Waals surface area (Å²) in [5.74, 6) is -1.37. The van der Waals surface area contributed by atoms with Crippen LogP contribution in [0.15, 0.2) is 35.9 Å². The van der Waals surface area contributed by atoms with Crippen molar-refractivity contribution in [2.75, 3.05) is 31.8 Å². The second-order valence-corrected chi connectivity index (χ2v) is 12.3. The number of alkyl halides is 3. The van der Waals surface area contributed by atoms with Gasteiger partial charge in [0.15, 0.2) is 0 Å². The molecule has 2 aliphatic rings. The number of β-lactam (4-membered cyclic amide) rings is 1. The Bertz CT molecular complexity index is 943. The van der Waals surface area contributed by atoms with Crippen LogP contribution in [0.5, 0.6) is 0 Å². The molecule has 2 aliphatic heterocycles. The van der Waals surface area contributed by atoms with Crippen molar-refractivity contribution in [1.29, 1.82) is 0 Å².